The molecule has 1 atom stereocenters. The van der Waals surface area contributed by atoms with Gasteiger partial charge < -0.3 is 5.32 Å². The molecule has 0 aliphatic rings. The van der Waals surface area contributed by atoms with Gasteiger partial charge in [-0.05, 0) is 49.2 Å². The quantitative estimate of drug-likeness (QED) is 0.778. The van der Waals surface area contributed by atoms with Crippen molar-refractivity contribution in [2.24, 2.45) is 0 Å². The third-order valence-electron chi connectivity index (χ3n) is 3.43. The highest BCUT2D eigenvalue weighted by Crippen LogP contribution is 2.28. The minimum Gasteiger partial charge on any atom is -0.310 e. The summed E-state index contributed by atoms with van der Waals surface area (Å²) in [4.78, 5) is 0. The molecule has 0 heterocycles. The van der Waals surface area contributed by atoms with Crippen LogP contribution >= 0.6 is 0 Å². The first-order valence-corrected chi connectivity index (χ1v) is 7.01. The van der Waals surface area contributed by atoms with E-state index in [0.717, 1.165) is 24.6 Å². The highest BCUT2D eigenvalue weighted by Gasteiger charge is 2.15. The zero-order valence-electron chi connectivity index (χ0n) is 12.1. The van der Waals surface area contributed by atoms with E-state index in [0.29, 0.717) is 5.56 Å². The van der Waals surface area contributed by atoms with Gasteiger partial charge in [-0.3, -0.25) is 0 Å². The zero-order chi connectivity index (χ0) is 15.4. The van der Waals surface area contributed by atoms with Crippen molar-refractivity contribution in [3.63, 3.8) is 0 Å². The van der Waals surface area contributed by atoms with E-state index in [9.17, 15) is 13.2 Å². The molecule has 0 saturated carbocycles. The summed E-state index contributed by atoms with van der Waals surface area (Å²) in [6.07, 6.45) is 1.02. The SMILES string of the molecule is CCCNC(C)c1cccc(-c2ccc(F)c(F)c2F)c1. The molecule has 0 aromatic heterocycles. The molecule has 2 rings (SSSR count). The fraction of sp³-hybridized carbons (Fsp3) is 0.294. The van der Waals surface area contributed by atoms with Crippen LogP contribution < -0.4 is 5.32 Å². The van der Waals surface area contributed by atoms with Crippen LogP contribution in [0, 0.1) is 17.5 Å². The van der Waals surface area contributed by atoms with Crippen molar-refractivity contribution in [2.45, 2.75) is 26.3 Å². The van der Waals surface area contributed by atoms with Gasteiger partial charge in [0.2, 0.25) is 0 Å². The van der Waals surface area contributed by atoms with Crippen molar-refractivity contribution in [1.82, 2.24) is 5.32 Å². The van der Waals surface area contributed by atoms with Crippen LogP contribution in [0.4, 0.5) is 13.2 Å². The van der Waals surface area contributed by atoms with Gasteiger partial charge in [-0.1, -0.05) is 25.1 Å². The lowest BCUT2D eigenvalue weighted by molar-refractivity contribution is 0.449. The Kier molecular flexibility index (Phi) is 5.02. The van der Waals surface area contributed by atoms with Crippen LogP contribution in [0.1, 0.15) is 31.9 Å². The average molecular weight is 293 g/mol. The van der Waals surface area contributed by atoms with Crippen LogP contribution in [0.3, 0.4) is 0 Å². The van der Waals surface area contributed by atoms with E-state index >= 15 is 0 Å². The molecule has 0 spiro atoms. The summed E-state index contributed by atoms with van der Waals surface area (Å²) in [6, 6.07) is 9.51. The van der Waals surface area contributed by atoms with Crippen molar-refractivity contribution < 1.29 is 13.2 Å². The average Bonchev–Trinajstić information content (AvgIpc) is 2.50. The molecule has 2 aromatic carbocycles. The zero-order valence-corrected chi connectivity index (χ0v) is 12.1. The molecule has 0 aliphatic carbocycles. The van der Waals surface area contributed by atoms with Crippen LogP contribution in [0.2, 0.25) is 0 Å². The van der Waals surface area contributed by atoms with E-state index < -0.39 is 17.5 Å². The van der Waals surface area contributed by atoms with E-state index in [4.69, 9.17) is 0 Å². The van der Waals surface area contributed by atoms with Crippen molar-refractivity contribution >= 4 is 0 Å². The van der Waals surface area contributed by atoms with Crippen LogP contribution in [-0.2, 0) is 0 Å². The first-order valence-electron chi connectivity index (χ1n) is 7.01. The number of benzene rings is 2. The van der Waals surface area contributed by atoms with Gasteiger partial charge in [0.1, 0.15) is 0 Å². The number of halogens is 3. The molecule has 2 aromatic rings. The van der Waals surface area contributed by atoms with Crippen LogP contribution in [0.5, 0.6) is 0 Å². The molecule has 0 fully saturated rings. The summed E-state index contributed by atoms with van der Waals surface area (Å²) in [5, 5.41) is 3.33. The van der Waals surface area contributed by atoms with E-state index in [2.05, 4.69) is 12.2 Å². The Morgan fingerprint density at radius 1 is 1.05 bits per heavy atom. The Morgan fingerprint density at radius 3 is 2.52 bits per heavy atom. The molecule has 1 N–H and O–H groups in total. The Bertz CT molecular complexity index is 625. The highest BCUT2D eigenvalue weighted by molar-refractivity contribution is 5.65. The number of hydrogen-bond acceptors (Lipinski definition) is 1. The first-order chi connectivity index (χ1) is 10.0. The van der Waals surface area contributed by atoms with Gasteiger partial charge in [0.15, 0.2) is 17.5 Å². The molecule has 4 heteroatoms. The normalized spacial score (nSPS) is 12.4. The minimum absolute atomic E-state index is 0.0680. The maximum atomic E-state index is 13.9. The molecule has 1 unspecified atom stereocenters. The van der Waals surface area contributed by atoms with E-state index in [1.54, 1.807) is 18.2 Å². The summed E-state index contributed by atoms with van der Waals surface area (Å²) in [5.41, 5.74) is 1.58. The van der Waals surface area contributed by atoms with E-state index in [1.165, 1.54) is 6.07 Å². The van der Waals surface area contributed by atoms with Crippen molar-refractivity contribution in [3.05, 3.63) is 59.4 Å². The van der Waals surface area contributed by atoms with E-state index in [-0.39, 0.29) is 11.6 Å². The van der Waals surface area contributed by atoms with Gasteiger partial charge in [0, 0.05) is 11.6 Å². The maximum absolute atomic E-state index is 13.9. The molecule has 0 amide bonds. The Morgan fingerprint density at radius 2 is 1.81 bits per heavy atom. The molecule has 0 aliphatic heterocycles. The summed E-state index contributed by atoms with van der Waals surface area (Å²) >= 11 is 0. The van der Waals surface area contributed by atoms with Crippen LogP contribution in [-0.4, -0.2) is 6.54 Å². The van der Waals surface area contributed by atoms with Gasteiger partial charge in [-0.2, -0.15) is 0 Å². The fourth-order valence-corrected chi connectivity index (χ4v) is 2.20. The lowest BCUT2D eigenvalue weighted by atomic mass is 9.99. The highest BCUT2D eigenvalue weighted by atomic mass is 19.2. The summed E-state index contributed by atoms with van der Waals surface area (Å²) in [7, 11) is 0. The Hall–Kier alpha value is -1.81. The lowest BCUT2D eigenvalue weighted by Gasteiger charge is -2.15. The second-order valence-electron chi connectivity index (χ2n) is 5.02. The number of nitrogens with one attached hydrogen (secondary N) is 1. The number of rotatable bonds is 5. The molecule has 0 saturated heterocycles. The minimum atomic E-state index is -1.44. The summed E-state index contributed by atoms with van der Waals surface area (Å²) < 4.78 is 40.2. The number of hydrogen-bond donors (Lipinski definition) is 1. The molecule has 21 heavy (non-hydrogen) atoms. The first kappa shape index (κ1) is 15.6. The third kappa shape index (κ3) is 3.45. The van der Waals surface area contributed by atoms with Crippen LogP contribution in [0.25, 0.3) is 11.1 Å². The summed E-state index contributed by atoms with van der Waals surface area (Å²) in [6.45, 7) is 4.97. The van der Waals surface area contributed by atoms with Crippen LogP contribution in [0.15, 0.2) is 36.4 Å². The fourth-order valence-electron chi connectivity index (χ4n) is 2.20. The van der Waals surface area contributed by atoms with Crippen molar-refractivity contribution in [3.8, 4) is 11.1 Å². The van der Waals surface area contributed by atoms with Crippen molar-refractivity contribution in [2.75, 3.05) is 6.54 Å². The Labute approximate surface area is 122 Å². The molecule has 0 bridgehead atoms. The lowest BCUT2D eigenvalue weighted by Crippen LogP contribution is -2.19. The molecular weight excluding hydrogens is 275 g/mol. The standard InChI is InChI=1S/C17H18F3N/c1-3-9-21-11(2)12-5-4-6-13(10-12)14-7-8-15(18)17(20)16(14)19/h4-8,10-11,21H,3,9H2,1-2H3. The second kappa shape index (κ2) is 6.76. The van der Waals surface area contributed by atoms with Gasteiger partial charge in [0.25, 0.3) is 0 Å². The van der Waals surface area contributed by atoms with Gasteiger partial charge in [0.05, 0.1) is 0 Å². The maximum Gasteiger partial charge on any atom is 0.195 e. The van der Waals surface area contributed by atoms with Gasteiger partial charge >= 0.3 is 0 Å². The van der Waals surface area contributed by atoms with Gasteiger partial charge in [-0.25, -0.2) is 13.2 Å². The largest absolute Gasteiger partial charge is 0.310 e. The Balaban J connectivity index is 2.35. The smallest absolute Gasteiger partial charge is 0.195 e. The van der Waals surface area contributed by atoms with E-state index in [1.807, 2.05) is 13.0 Å². The summed E-state index contributed by atoms with van der Waals surface area (Å²) in [5.74, 6) is -3.76. The molecular formula is C17H18F3N. The predicted octanol–water partition coefficient (Wildman–Crippen LogP) is 4.83. The molecule has 112 valence electrons. The topological polar surface area (TPSA) is 12.0 Å². The monoisotopic (exact) mass is 293 g/mol. The second-order valence-corrected chi connectivity index (χ2v) is 5.02. The third-order valence-corrected chi connectivity index (χ3v) is 3.43. The van der Waals surface area contributed by atoms with Gasteiger partial charge in [-0.15, -0.1) is 0 Å². The van der Waals surface area contributed by atoms with Crippen molar-refractivity contribution in [1.29, 1.82) is 0 Å². The molecule has 1 nitrogen and oxygen atoms in total. The predicted molar refractivity (Wildman–Crippen MR) is 78.5 cm³/mol. The molecule has 0 radical (unpaired) electrons.